The van der Waals surface area contributed by atoms with Gasteiger partial charge in [-0.25, -0.2) is 9.97 Å². The minimum absolute atomic E-state index is 0.152. The van der Waals surface area contributed by atoms with Crippen LogP contribution in [0, 0.1) is 0 Å². The molecular weight excluding hydrogens is 216 g/mol. The number of amides is 1. The summed E-state index contributed by atoms with van der Waals surface area (Å²) in [7, 11) is 0. The number of carbonyl (C=O) groups excluding carboxylic acids is 1. The van der Waals surface area contributed by atoms with Gasteiger partial charge < -0.3 is 10.6 Å². The largest absolute Gasteiger partial charge is 0.370 e. The summed E-state index contributed by atoms with van der Waals surface area (Å²) in [4.78, 5) is 19.8. The lowest BCUT2D eigenvalue weighted by molar-refractivity contribution is 0.0934. The second kappa shape index (κ2) is 6.83. The Balaban J connectivity index is 2.66. The summed E-state index contributed by atoms with van der Waals surface area (Å²) in [6.45, 7) is 6.91. The van der Waals surface area contributed by atoms with Crippen molar-refractivity contribution >= 4 is 11.7 Å². The Hall–Kier alpha value is -1.65. The van der Waals surface area contributed by atoms with Crippen molar-refractivity contribution in [2.75, 3.05) is 11.9 Å². The molecule has 0 aliphatic carbocycles. The van der Waals surface area contributed by atoms with Gasteiger partial charge in [-0.1, -0.05) is 13.8 Å². The van der Waals surface area contributed by atoms with Crippen molar-refractivity contribution in [3.63, 3.8) is 0 Å². The van der Waals surface area contributed by atoms with Gasteiger partial charge in [0, 0.05) is 18.7 Å². The van der Waals surface area contributed by atoms with Gasteiger partial charge in [0.2, 0.25) is 0 Å². The molecule has 1 unspecified atom stereocenters. The molecule has 0 aliphatic rings. The Bertz CT molecular complexity index is 367. The number of carbonyl (C=O) groups is 1. The van der Waals surface area contributed by atoms with Crippen LogP contribution in [0.5, 0.6) is 0 Å². The molecule has 1 aromatic heterocycles. The lowest BCUT2D eigenvalue weighted by Crippen LogP contribution is -2.32. The maximum atomic E-state index is 11.8. The highest BCUT2D eigenvalue weighted by molar-refractivity contribution is 5.92. The molecule has 1 atom stereocenters. The van der Waals surface area contributed by atoms with Gasteiger partial charge in [0.15, 0.2) is 0 Å². The molecule has 94 valence electrons. The molecule has 1 aromatic rings. The van der Waals surface area contributed by atoms with E-state index in [1.165, 1.54) is 6.33 Å². The minimum Gasteiger partial charge on any atom is -0.370 e. The highest BCUT2D eigenvalue weighted by atomic mass is 16.1. The summed E-state index contributed by atoms with van der Waals surface area (Å²) in [5, 5.41) is 6.00. The van der Waals surface area contributed by atoms with Gasteiger partial charge in [-0.3, -0.25) is 4.79 Å². The predicted molar refractivity (Wildman–Crippen MR) is 68.0 cm³/mol. The molecule has 0 fully saturated rings. The fourth-order valence-electron chi connectivity index (χ4n) is 1.23. The zero-order chi connectivity index (χ0) is 12.7. The fourth-order valence-corrected chi connectivity index (χ4v) is 1.23. The summed E-state index contributed by atoms with van der Waals surface area (Å²) in [5.74, 6) is 0.539. The van der Waals surface area contributed by atoms with E-state index in [9.17, 15) is 4.79 Å². The van der Waals surface area contributed by atoms with Crippen LogP contribution in [0.3, 0.4) is 0 Å². The molecule has 0 saturated heterocycles. The van der Waals surface area contributed by atoms with E-state index in [4.69, 9.17) is 0 Å². The zero-order valence-electron chi connectivity index (χ0n) is 10.7. The molecule has 1 heterocycles. The molecule has 0 saturated carbocycles. The van der Waals surface area contributed by atoms with Gasteiger partial charge in [0.1, 0.15) is 17.8 Å². The van der Waals surface area contributed by atoms with E-state index in [0.717, 1.165) is 19.4 Å². The van der Waals surface area contributed by atoms with E-state index >= 15 is 0 Å². The monoisotopic (exact) mass is 236 g/mol. The minimum atomic E-state index is -0.152. The Morgan fingerprint density at radius 1 is 1.41 bits per heavy atom. The normalized spacial score (nSPS) is 11.9. The average Bonchev–Trinajstić information content (AvgIpc) is 2.36. The summed E-state index contributed by atoms with van der Waals surface area (Å²) in [5.41, 5.74) is 0.402. The Kier molecular flexibility index (Phi) is 5.39. The van der Waals surface area contributed by atoms with Gasteiger partial charge in [-0.15, -0.1) is 0 Å². The standard InChI is InChI=1S/C12H20N4O/c1-4-6-13-11-7-10(14-8-15-11)12(17)16-9(3)5-2/h7-9H,4-6H2,1-3H3,(H,16,17)(H,13,14,15). The molecule has 0 aromatic carbocycles. The van der Waals surface area contributed by atoms with E-state index in [-0.39, 0.29) is 11.9 Å². The SMILES string of the molecule is CCCNc1cc(C(=O)NC(C)CC)ncn1. The number of rotatable bonds is 6. The first-order chi connectivity index (χ1) is 8.17. The summed E-state index contributed by atoms with van der Waals surface area (Å²) >= 11 is 0. The molecule has 17 heavy (non-hydrogen) atoms. The van der Waals surface area contributed by atoms with Crippen molar-refractivity contribution < 1.29 is 4.79 Å². The molecule has 5 heteroatoms. The first kappa shape index (κ1) is 13.4. The van der Waals surface area contributed by atoms with Crippen LogP contribution in [0.4, 0.5) is 5.82 Å². The highest BCUT2D eigenvalue weighted by Crippen LogP contribution is 2.04. The first-order valence-corrected chi connectivity index (χ1v) is 6.04. The summed E-state index contributed by atoms with van der Waals surface area (Å²) in [6, 6.07) is 1.83. The number of anilines is 1. The molecular formula is C12H20N4O. The summed E-state index contributed by atoms with van der Waals surface area (Å²) in [6.07, 6.45) is 3.32. The van der Waals surface area contributed by atoms with Gasteiger partial charge in [0.05, 0.1) is 0 Å². The highest BCUT2D eigenvalue weighted by Gasteiger charge is 2.10. The van der Waals surface area contributed by atoms with Gasteiger partial charge in [-0.2, -0.15) is 0 Å². The molecule has 1 amide bonds. The van der Waals surface area contributed by atoms with Crippen LogP contribution < -0.4 is 10.6 Å². The third kappa shape index (κ3) is 4.38. The molecule has 0 bridgehead atoms. The van der Waals surface area contributed by atoms with Crippen LogP contribution in [0.2, 0.25) is 0 Å². The third-order valence-electron chi connectivity index (χ3n) is 2.45. The number of hydrogen-bond donors (Lipinski definition) is 2. The van der Waals surface area contributed by atoms with E-state index in [0.29, 0.717) is 11.5 Å². The fraction of sp³-hybridized carbons (Fsp3) is 0.583. The van der Waals surface area contributed by atoms with Crippen molar-refractivity contribution in [2.24, 2.45) is 0 Å². The molecule has 5 nitrogen and oxygen atoms in total. The van der Waals surface area contributed by atoms with Crippen LogP contribution in [0.15, 0.2) is 12.4 Å². The lowest BCUT2D eigenvalue weighted by Gasteiger charge is -2.11. The summed E-state index contributed by atoms with van der Waals surface area (Å²) < 4.78 is 0. The van der Waals surface area contributed by atoms with Crippen molar-refractivity contribution in [1.29, 1.82) is 0 Å². The Morgan fingerprint density at radius 2 is 2.18 bits per heavy atom. The zero-order valence-corrected chi connectivity index (χ0v) is 10.7. The lowest BCUT2D eigenvalue weighted by atomic mass is 10.2. The molecule has 0 spiro atoms. The number of aromatic nitrogens is 2. The van der Waals surface area contributed by atoms with E-state index in [1.807, 2.05) is 13.8 Å². The van der Waals surface area contributed by atoms with Gasteiger partial charge in [-0.05, 0) is 19.8 Å². The van der Waals surface area contributed by atoms with E-state index < -0.39 is 0 Å². The second-order valence-electron chi connectivity index (χ2n) is 4.00. The maximum Gasteiger partial charge on any atom is 0.270 e. The Labute approximate surface area is 102 Å². The number of hydrogen-bond acceptors (Lipinski definition) is 4. The van der Waals surface area contributed by atoms with Crippen LogP contribution >= 0.6 is 0 Å². The van der Waals surface area contributed by atoms with Crippen LogP contribution in [-0.4, -0.2) is 28.5 Å². The number of nitrogens with one attached hydrogen (secondary N) is 2. The van der Waals surface area contributed by atoms with Crippen LogP contribution in [0.25, 0.3) is 0 Å². The predicted octanol–water partition coefficient (Wildman–Crippen LogP) is 1.83. The van der Waals surface area contributed by atoms with Crippen LogP contribution in [0.1, 0.15) is 44.1 Å². The molecule has 0 radical (unpaired) electrons. The van der Waals surface area contributed by atoms with Gasteiger partial charge >= 0.3 is 0 Å². The topological polar surface area (TPSA) is 66.9 Å². The molecule has 2 N–H and O–H groups in total. The van der Waals surface area contributed by atoms with Crippen molar-refractivity contribution in [2.45, 2.75) is 39.7 Å². The average molecular weight is 236 g/mol. The number of nitrogens with zero attached hydrogens (tertiary/aromatic N) is 2. The first-order valence-electron chi connectivity index (χ1n) is 6.04. The smallest absolute Gasteiger partial charge is 0.270 e. The van der Waals surface area contributed by atoms with Crippen molar-refractivity contribution in [3.8, 4) is 0 Å². The van der Waals surface area contributed by atoms with Crippen molar-refractivity contribution in [1.82, 2.24) is 15.3 Å². The van der Waals surface area contributed by atoms with Crippen LogP contribution in [-0.2, 0) is 0 Å². The maximum absolute atomic E-state index is 11.8. The Morgan fingerprint density at radius 3 is 2.82 bits per heavy atom. The third-order valence-corrected chi connectivity index (χ3v) is 2.45. The molecule has 0 aliphatic heterocycles. The second-order valence-corrected chi connectivity index (χ2v) is 4.00. The van der Waals surface area contributed by atoms with E-state index in [2.05, 4.69) is 27.5 Å². The molecule has 1 rings (SSSR count). The van der Waals surface area contributed by atoms with Gasteiger partial charge in [0.25, 0.3) is 5.91 Å². The quantitative estimate of drug-likeness (QED) is 0.790. The van der Waals surface area contributed by atoms with E-state index in [1.54, 1.807) is 6.07 Å². The van der Waals surface area contributed by atoms with Crippen molar-refractivity contribution in [3.05, 3.63) is 18.1 Å².